The number of carbonyl (C=O) groups excluding carboxylic acids is 1. The summed E-state index contributed by atoms with van der Waals surface area (Å²) in [4.78, 5) is 25.0. The molecule has 0 aromatic heterocycles. The Bertz CT molecular complexity index is 785. The van der Waals surface area contributed by atoms with Crippen molar-refractivity contribution in [2.24, 2.45) is 5.92 Å². The van der Waals surface area contributed by atoms with Crippen LogP contribution < -0.4 is 0 Å². The number of carboxylic acids is 1. The van der Waals surface area contributed by atoms with E-state index in [0.29, 0.717) is 0 Å². The van der Waals surface area contributed by atoms with Gasteiger partial charge < -0.3 is 9.84 Å². The van der Waals surface area contributed by atoms with E-state index in [1.807, 2.05) is 36.4 Å². The van der Waals surface area contributed by atoms with E-state index in [1.165, 1.54) is 11.9 Å². The maximum absolute atomic E-state index is 12.4. The highest BCUT2D eigenvalue weighted by atomic mass is 16.6. The van der Waals surface area contributed by atoms with Gasteiger partial charge in [0.2, 0.25) is 0 Å². The molecule has 1 N–H and O–H groups in total. The van der Waals surface area contributed by atoms with E-state index >= 15 is 0 Å². The van der Waals surface area contributed by atoms with E-state index in [2.05, 4.69) is 12.1 Å². The zero-order valence-electron chi connectivity index (χ0n) is 15.2. The van der Waals surface area contributed by atoms with E-state index in [0.717, 1.165) is 22.3 Å². The lowest BCUT2D eigenvalue weighted by Gasteiger charge is -2.27. The van der Waals surface area contributed by atoms with Crippen LogP contribution in [0.5, 0.6) is 0 Å². The first-order valence-electron chi connectivity index (χ1n) is 8.72. The number of aliphatic carboxylic acids is 1. The summed E-state index contributed by atoms with van der Waals surface area (Å²) < 4.78 is 5.51. The largest absolute Gasteiger partial charge is 0.480 e. The summed E-state index contributed by atoms with van der Waals surface area (Å²) >= 11 is 0. The number of carboxylic acid groups (broad SMARTS) is 1. The van der Waals surface area contributed by atoms with Gasteiger partial charge in [0, 0.05) is 13.0 Å². The van der Waals surface area contributed by atoms with Gasteiger partial charge in [0.1, 0.15) is 12.6 Å². The first-order valence-corrected chi connectivity index (χ1v) is 8.72. The second-order valence-electron chi connectivity index (χ2n) is 6.94. The number of carbonyl (C=O) groups is 2. The second-order valence-corrected chi connectivity index (χ2v) is 6.94. The zero-order valence-corrected chi connectivity index (χ0v) is 15.2. The lowest BCUT2D eigenvalue weighted by molar-refractivity contribution is -0.143. The lowest BCUT2D eigenvalue weighted by Crippen LogP contribution is -2.46. The van der Waals surface area contributed by atoms with Gasteiger partial charge in [-0.15, -0.1) is 0 Å². The molecule has 5 nitrogen and oxygen atoms in total. The summed E-state index contributed by atoms with van der Waals surface area (Å²) in [6.45, 7) is 3.72. The van der Waals surface area contributed by atoms with Crippen LogP contribution in [0, 0.1) is 5.92 Å². The average Bonchev–Trinajstić information content (AvgIpc) is 2.93. The highest BCUT2D eigenvalue weighted by Gasteiger charge is 2.33. The number of benzene rings is 2. The van der Waals surface area contributed by atoms with Crippen LogP contribution in [0.15, 0.2) is 48.5 Å². The van der Waals surface area contributed by atoms with Gasteiger partial charge in [-0.05, 0) is 28.2 Å². The standard InChI is InChI=1S/C21H23NO4/c1-13(2)19(20(23)24)22(3)21(25)26-12-18-16-10-6-4-8-14(16)15-9-5-7-11-17(15)18/h4-11,13,18-19H,12H2,1-3H3,(H,23,24)/t19-/m0/s1/i1+1,2+1,3+1,13+1,19+1,20+1,22+1. The third-order valence-corrected chi connectivity index (χ3v) is 4.93. The number of ether oxygens (including phenoxy) is 1. The van der Waals surface area contributed by atoms with Gasteiger partial charge in [-0.1, -0.05) is 62.4 Å². The van der Waals surface area contributed by atoms with E-state index in [4.69, 9.17) is 4.74 Å². The first kappa shape index (κ1) is 18.0. The van der Waals surface area contributed by atoms with Crippen LogP contribution in [-0.4, -0.2) is 41.8 Å². The number of rotatable bonds is 5. The molecule has 1 amide bonds. The van der Waals surface area contributed by atoms with Crippen molar-refractivity contribution < 1.29 is 19.4 Å². The molecule has 0 fully saturated rings. The molecule has 1 atom stereocenters. The molecule has 0 saturated carbocycles. The van der Waals surface area contributed by atoms with Crippen LogP contribution in [0.3, 0.4) is 0 Å². The molecular formula is C21H23NO4. The van der Waals surface area contributed by atoms with E-state index in [1.54, 1.807) is 13.8 Å². The Morgan fingerprint density at radius 3 is 2.00 bits per heavy atom. The minimum Gasteiger partial charge on any atom is -0.480 e. The van der Waals surface area contributed by atoms with Gasteiger partial charge in [-0.25, -0.2) is 9.59 Å². The van der Waals surface area contributed by atoms with Gasteiger partial charge in [0.15, 0.2) is 0 Å². The van der Waals surface area contributed by atoms with Crippen molar-refractivity contribution >= 4 is 12.1 Å². The highest BCUT2D eigenvalue weighted by molar-refractivity contribution is 5.81. The van der Waals surface area contributed by atoms with Gasteiger partial charge >= 0.3 is 12.1 Å². The van der Waals surface area contributed by atoms with Crippen molar-refractivity contribution in [3.8, 4) is 11.1 Å². The Morgan fingerprint density at radius 1 is 1.04 bits per heavy atom. The highest BCUT2D eigenvalue weighted by Crippen LogP contribution is 2.44. The molecule has 0 unspecified atom stereocenters. The van der Waals surface area contributed by atoms with Crippen molar-refractivity contribution in [3.05, 3.63) is 59.7 Å². The molecule has 0 spiro atoms. The fourth-order valence-corrected chi connectivity index (χ4v) is 3.71. The Kier molecular flexibility index (Phi) is 4.98. The molecule has 0 bridgehead atoms. The topological polar surface area (TPSA) is 66.8 Å². The van der Waals surface area contributed by atoms with E-state index < -0.39 is 18.1 Å². The summed E-state index contributed by atoms with van der Waals surface area (Å²) in [5.41, 5.74) is 4.57. The van der Waals surface area contributed by atoms with E-state index in [9.17, 15) is 14.7 Å². The summed E-state index contributed by atoms with van der Waals surface area (Å²) in [6, 6.07) is 15.3. The third-order valence-electron chi connectivity index (χ3n) is 4.93. The van der Waals surface area contributed by atoms with Crippen LogP contribution in [0.25, 0.3) is 11.1 Å². The molecule has 5 heteroatoms. The smallest absolute Gasteiger partial charge is 0.410 e. The predicted molar refractivity (Wildman–Crippen MR) is 99.1 cm³/mol. The molecule has 1 aliphatic rings. The predicted octanol–water partition coefficient (Wildman–Crippen LogP) is 3.98. The molecule has 136 valence electrons. The van der Waals surface area contributed by atoms with Crippen molar-refractivity contribution in [1.82, 2.24) is 4.90 Å². The number of nitrogens with zero attached hydrogens (tertiary/aromatic N) is 1. The molecule has 0 radical (unpaired) electrons. The number of likely N-dealkylation sites (N-methyl/N-ethyl adjacent to an activating group) is 1. The number of fused-ring (bicyclic) bond motifs is 3. The van der Waals surface area contributed by atoms with Gasteiger partial charge in [-0.3, -0.25) is 4.90 Å². The minimum atomic E-state index is -1.03. The van der Waals surface area contributed by atoms with Crippen molar-refractivity contribution in [1.29, 1.82) is 0 Å². The lowest BCUT2D eigenvalue weighted by atomic mass is 9.98. The summed E-state index contributed by atoms with van der Waals surface area (Å²) in [5.74, 6) is -1.28. The molecule has 2 aromatic rings. The fourth-order valence-electron chi connectivity index (χ4n) is 3.71. The molecule has 0 aliphatic heterocycles. The molecule has 0 heterocycles. The third kappa shape index (κ3) is 3.17. The van der Waals surface area contributed by atoms with Gasteiger partial charge in [0.05, 0.1) is 0 Å². The average molecular weight is 360 g/mol. The molecular weight excluding hydrogens is 337 g/mol. The second kappa shape index (κ2) is 7.20. The number of hydrogen-bond acceptors (Lipinski definition) is 3. The molecule has 1 aliphatic carbocycles. The monoisotopic (exact) mass is 360 g/mol. The maximum atomic E-state index is 12.4. The van der Waals surface area contributed by atoms with Crippen LogP contribution in [-0.2, 0) is 9.53 Å². The SMILES string of the molecule is [13CH3][13CH]([13CH3])[13C@@H]([13C](=O)O)[15N]([13CH3])C(=O)OCC1c2ccccc2-c2ccccc21. The Hall–Kier alpha value is -2.82. The fraction of sp³-hybridized carbons (Fsp3) is 0.333. The van der Waals surface area contributed by atoms with E-state index in [-0.39, 0.29) is 18.4 Å². The normalized spacial score (nSPS) is 13.8. The maximum Gasteiger partial charge on any atom is 0.410 e. The molecule has 3 rings (SSSR count). The van der Waals surface area contributed by atoms with Crippen LogP contribution in [0.4, 0.5) is 4.79 Å². The molecule has 26 heavy (non-hydrogen) atoms. The van der Waals surface area contributed by atoms with Gasteiger partial charge in [-0.2, -0.15) is 0 Å². The number of hydrogen-bond donors (Lipinski definition) is 1. The summed E-state index contributed by atoms with van der Waals surface area (Å²) in [5, 5.41) is 9.35. The van der Waals surface area contributed by atoms with Crippen LogP contribution in [0.2, 0.25) is 0 Å². The van der Waals surface area contributed by atoms with Crippen LogP contribution >= 0.6 is 0 Å². The molecule has 2 aromatic carbocycles. The van der Waals surface area contributed by atoms with Crippen molar-refractivity contribution in [3.63, 3.8) is 0 Å². The molecule has 0 saturated heterocycles. The quantitative estimate of drug-likeness (QED) is 0.647. The summed E-state index contributed by atoms with van der Waals surface area (Å²) in [6.07, 6.45) is -0.618. The summed E-state index contributed by atoms with van der Waals surface area (Å²) in [7, 11) is 1.47. The Balaban J connectivity index is 1.78. The van der Waals surface area contributed by atoms with Crippen LogP contribution in [0.1, 0.15) is 30.9 Å². The van der Waals surface area contributed by atoms with Crippen molar-refractivity contribution in [2.45, 2.75) is 25.8 Å². The zero-order chi connectivity index (χ0) is 18.8. The van der Waals surface area contributed by atoms with Crippen molar-refractivity contribution in [2.75, 3.05) is 13.7 Å². The Labute approximate surface area is 153 Å². The Morgan fingerprint density at radius 2 is 1.54 bits per heavy atom. The van der Waals surface area contributed by atoms with Gasteiger partial charge in [0.25, 0.3) is 0 Å². The first-order chi connectivity index (χ1) is 12.4. The minimum absolute atomic E-state index is 0.0397. The number of amides is 1.